The van der Waals surface area contributed by atoms with Crippen molar-refractivity contribution in [1.29, 1.82) is 0 Å². The van der Waals surface area contributed by atoms with Crippen LogP contribution < -0.4 is 5.32 Å². The maximum atomic E-state index is 12.2. The summed E-state index contributed by atoms with van der Waals surface area (Å²) in [7, 11) is 0. The van der Waals surface area contributed by atoms with Crippen LogP contribution in [0.25, 0.3) is 10.9 Å². The first-order valence-electron chi connectivity index (χ1n) is 8.82. The molecule has 4 nitrogen and oxygen atoms in total. The van der Waals surface area contributed by atoms with Crippen molar-refractivity contribution in [2.75, 3.05) is 19.6 Å². The molecule has 2 heterocycles. The van der Waals surface area contributed by atoms with E-state index < -0.39 is 0 Å². The molecule has 1 fully saturated rings. The van der Waals surface area contributed by atoms with Gasteiger partial charge in [0, 0.05) is 36.7 Å². The van der Waals surface area contributed by atoms with E-state index in [9.17, 15) is 4.79 Å². The molecule has 4 heteroatoms. The molecule has 0 aliphatic carbocycles. The molecule has 1 aliphatic rings. The molecule has 23 heavy (non-hydrogen) atoms. The molecule has 0 unspecified atom stereocenters. The lowest BCUT2D eigenvalue weighted by atomic mass is 10.0. The number of likely N-dealkylation sites (tertiary alicyclic amines) is 1. The van der Waals surface area contributed by atoms with Gasteiger partial charge in [-0.3, -0.25) is 0 Å². The summed E-state index contributed by atoms with van der Waals surface area (Å²) in [6.07, 6.45) is 7.54. The molecule has 1 atom stereocenters. The topological polar surface area (TPSA) is 48.1 Å². The first kappa shape index (κ1) is 15.9. The van der Waals surface area contributed by atoms with E-state index >= 15 is 0 Å². The van der Waals surface area contributed by atoms with E-state index in [1.807, 2.05) is 11.0 Å². The summed E-state index contributed by atoms with van der Waals surface area (Å²) in [6, 6.07) is 8.48. The average molecular weight is 313 g/mol. The fourth-order valence-corrected chi connectivity index (χ4v) is 3.39. The molecular weight excluding hydrogens is 286 g/mol. The number of hydrogen-bond donors (Lipinski definition) is 2. The monoisotopic (exact) mass is 313 g/mol. The number of rotatable bonds is 4. The Labute approximate surface area is 138 Å². The third kappa shape index (κ3) is 4.06. The molecule has 1 saturated heterocycles. The lowest BCUT2D eigenvalue weighted by molar-refractivity contribution is 0.199. The number of hydrogen-bond acceptors (Lipinski definition) is 1. The Hall–Kier alpha value is -1.97. The summed E-state index contributed by atoms with van der Waals surface area (Å²) in [5.41, 5.74) is 2.52. The first-order chi connectivity index (χ1) is 11.2. The fraction of sp³-hybridized carbons (Fsp3) is 0.526. The molecule has 2 N–H and O–H groups in total. The number of aryl methyl sites for hydroxylation is 1. The van der Waals surface area contributed by atoms with Gasteiger partial charge in [0.05, 0.1) is 0 Å². The molecule has 3 rings (SSSR count). The lowest BCUT2D eigenvalue weighted by Crippen LogP contribution is -2.41. The second-order valence-electron chi connectivity index (χ2n) is 6.72. The second kappa shape index (κ2) is 7.53. The minimum absolute atomic E-state index is 0.109. The molecule has 0 bridgehead atoms. The molecule has 0 saturated carbocycles. The molecule has 0 spiro atoms. The standard InChI is InChI=1S/C19H27N3O/c1-15-6-5-12-22(13-10-15)19(23)20-11-4-7-16-14-21-18-9-3-2-8-17(16)18/h2-3,8-9,14-15,21H,4-7,10-13H2,1H3,(H,20,23)/t15-/m0/s1. The molecule has 2 amide bonds. The number of aromatic amines is 1. The van der Waals surface area contributed by atoms with Crippen LogP contribution in [0, 0.1) is 5.92 Å². The smallest absolute Gasteiger partial charge is 0.317 e. The first-order valence-corrected chi connectivity index (χ1v) is 8.82. The Morgan fingerprint density at radius 3 is 3.09 bits per heavy atom. The van der Waals surface area contributed by atoms with E-state index in [4.69, 9.17) is 0 Å². The van der Waals surface area contributed by atoms with Gasteiger partial charge in [0.15, 0.2) is 0 Å². The van der Waals surface area contributed by atoms with Crippen LogP contribution in [0.15, 0.2) is 30.5 Å². The van der Waals surface area contributed by atoms with Crippen LogP contribution in [0.1, 0.15) is 38.2 Å². The number of nitrogens with zero attached hydrogens (tertiary/aromatic N) is 1. The summed E-state index contributed by atoms with van der Waals surface area (Å²) >= 11 is 0. The van der Waals surface area contributed by atoms with Gasteiger partial charge in [-0.1, -0.05) is 25.1 Å². The van der Waals surface area contributed by atoms with Crippen molar-refractivity contribution in [3.8, 4) is 0 Å². The molecule has 124 valence electrons. The van der Waals surface area contributed by atoms with Crippen LogP contribution >= 0.6 is 0 Å². The van der Waals surface area contributed by atoms with Crippen molar-refractivity contribution in [3.63, 3.8) is 0 Å². The predicted octanol–water partition coefficient (Wildman–Crippen LogP) is 3.93. The Balaban J connectivity index is 1.43. The molecule has 1 aromatic heterocycles. The van der Waals surface area contributed by atoms with Gasteiger partial charge in [0.2, 0.25) is 0 Å². The SMILES string of the molecule is C[C@H]1CCCN(C(=O)NCCCc2c[nH]c3ccccc23)CC1. The number of carbonyl (C=O) groups excluding carboxylic acids is 1. The van der Waals surface area contributed by atoms with Crippen LogP contribution in [0.2, 0.25) is 0 Å². The third-order valence-corrected chi connectivity index (χ3v) is 4.88. The van der Waals surface area contributed by atoms with E-state index in [1.54, 1.807) is 0 Å². The van der Waals surface area contributed by atoms with E-state index in [1.165, 1.54) is 22.9 Å². The number of urea groups is 1. The van der Waals surface area contributed by atoms with Crippen molar-refractivity contribution in [1.82, 2.24) is 15.2 Å². The minimum Gasteiger partial charge on any atom is -0.361 e. The maximum Gasteiger partial charge on any atom is 0.317 e. The third-order valence-electron chi connectivity index (χ3n) is 4.88. The van der Waals surface area contributed by atoms with Gasteiger partial charge >= 0.3 is 6.03 Å². The normalized spacial score (nSPS) is 18.8. The van der Waals surface area contributed by atoms with E-state index in [2.05, 4.69) is 41.6 Å². The highest BCUT2D eigenvalue weighted by Crippen LogP contribution is 2.19. The van der Waals surface area contributed by atoms with Gasteiger partial charge in [-0.25, -0.2) is 4.79 Å². The Morgan fingerprint density at radius 1 is 1.30 bits per heavy atom. The molecule has 1 aromatic carbocycles. The van der Waals surface area contributed by atoms with Crippen LogP contribution in [0.3, 0.4) is 0 Å². The number of aromatic nitrogens is 1. The summed E-state index contributed by atoms with van der Waals surface area (Å²) in [6.45, 7) is 4.82. The maximum absolute atomic E-state index is 12.2. The lowest BCUT2D eigenvalue weighted by Gasteiger charge is -2.21. The highest BCUT2D eigenvalue weighted by atomic mass is 16.2. The number of H-pyrrole nitrogens is 1. The van der Waals surface area contributed by atoms with E-state index in [-0.39, 0.29) is 6.03 Å². The van der Waals surface area contributed by atoms with Gasteiger partial charge in [0.1, 0.15) is 0 Å². The summed E-state index contributed by atoms with van der Waals surface area (Å²) in [4.78, 5) is 17.5. The summed E-state index contributed by atoms with van der Waals surface area (Å²) < 4.78 is 0. The van der Waals surface area contributed by atoms with Gasteiger partial charge in [-0.2, -0.15) is 0 Å². The van der Waals surface area contributed by atoms with Crippen molar-refractivity contribution >= 4 is 16.9 Å². The predicted molar refractivity (Wildman–Crippen MR) is 94.6 cm³/mol. The number of benzene rings is 1. The highest BCUT2D eigenvalue weighted by molar-refractivity contribution is 5.83. The quantitative estimate of drug-likeness (QED) is 0.825. The van der Waals surface area contributed by atoms with Gasteiger partial charge in [-0.15, -0.1) is 0 Å². The Bertz CT molecular complexity index is 649. The molecule has 1 aliphatic heterocycles. The van der Waals surface area contributed by atoms with Crippen molar-refractivity contribution in [2.24, 2.45) is 5.92 Å². The zero-order valence-corrected chi connectivity index (χ0v) is 14.0. The largest absolute Gasteiger partial charge is 0.361 e. The molecule has 0 radical (unpaired) electrons. The van der Waals surface area contributed by atoms with Crippen LogP contribution in [-0.2, 0) is 6.42 Å². The Morgan fingerprint density at radius 2 is 2.17 bits per heavy atom. The summed E-state index contributed by atoms with van der Waals surface area (Å²) in [5.74, 6) is 0.745. The number of carbonyl (C=O) groups is 1. The van der Waals surface area contributed by atoms with Crippen LogP contribution in [0.4, 0.5) is 4.79 Å². The van der Waals surface area contributed by atoms with Gasteiger partial charge in [0.25, 0.3) is 0 Å². The molecular formula is C19H27N3O. The van der Waals surface area contributed by atoms with Crippen LogP contribution in [0.5, 0.6) is 0 Å². The number of para-hydroxylation sites is 1. The number of fused-ring (bicyclic) bond motifs is 1. The highest BCUT2D eigenvalue weighted by Gasteiger charge is 2.17. The van der Waals surface area contributed by atoms with E-state index in [0.717, 1.165) is 51.2 Å². The average Bonchev–Trinajstić information content (AvgIpc) is 2.84. The van der Waals surface area contributed by atoms with Crippen molar-refractivity contribution in [2.45, 2.75) is 39.0 Å². The second-order valence-corrected chi connectivity index (χ2v) is 6.72. The van der Waals surface area contributed by atoms with Gasteiger partial charge in [-0.05, 0) is 49.7 Å². The van der Waals surface area contributed by atoms with Crippen molar-refractivity contribution in [3.05, 3.63) is 36.0 Å². The molecule has 2 aromatic rings. The zero-order valence-electron chi connectivity index (χ0n) is 14.0. The van der Waals surface area contributed by atoms with Gasteiger partial charge < -0.3 is 15.2 Å². The van der Waals surface area contributed by atoms with Crippen molar-refractivity contribution < 1.29 is 4.79 Å². The number of nitrogens with one attached hydrogen (secondary N) is 2. The van der Waals surface area contributed by atoms with E-state index in [0.29, 0.717) is 0 Å². The Kier molecular flexibility index (Phi) is 5.21. The fourth-order valence-electron chi connectivity index (χ4n) is 3.39. The van der Waals surface area contributed by atoms with Crippen LogP contribution in [-0.4, -0.2) is 35.5 Å². The minimum atomic E-state index is 0.109. The summed E-state index contributed by atoms with van der Waals surface area (Å²) in [5, 5.41) is 4.37. The zero-order chi connectivity index (χ0) is 16.1. The number of amides is 2.